The quantitative estimate of drug-likeness (QED) is 0.186. The molecule has 3 aromatic rings. The molecule has 6 nitrogen and oxygen atoms in total. The molecule has 33 heavy (non-hydrogen) atoms. The summed E-state index contributed by atoms with van der Waals surface area (Å²) in [5, 5.41) is 24.2. The number of hydrogen-bond acceptors (Lipinski definition) is 5. The van der Waals surface area contributed by atoms with Crippen LogP contribution in [-0.4, -0.2) is 22.2 Å². The number of aliphatic hydroxyl groups excluding tert-OH is 1. The third kappa shape index (κ3) is 7.08. The minimum Gasteiger partial charge on any atom is -0.506 e. The Morgan fingerprint density at radius 1 is 1.09 bits per heavy atom. The van der Waals surface area contributed by atoms with Gasteiger partial charge in [0.1, 0.15) is 23.7 Å². The highest BCUT2D eigenvalue weighted by molar-refractivity contribution is 9.11. The monoisotopic (exact) mass is 574 g/mol. The predicted octanol–water partition coefficient (Wildman–Crippen LogP) is 5.96. The Balaban J connectivity index is 1.70. The highest BCUT2D eigenvalue weighted by Crippen LogP contribution is 2.38. The van der Waals surface area contributed by atoms with Gasteiger partial charge in [0.2, 0.25) is 5.91 Å². The summed E-state index contributed by atoms with van der Waals surface area (Å²) in [6.07, 6.45) is 2.21. The molecule has 0 spiro atoms. The lowest BCUT2D eigenvalue weighted by molar-refractivity contribution is -0.111. The number of phenolic OH excluding ortho intramolecular Hbond substituents is 1. The van der Waals surface area contributed by atoms with Gasteiger partial charge in [-0.05, 0) is 71.2 Å². The Morgan fingerprint density at radius 2 is 1.79 bits per heavy atom. The molecule has 0 aliphatic carbocycles. The number of nitrogen functional groups attached to an aromatic ring is 1. The second-order valence-electron chi connectivity index (χ2n) is 7.30. The Morgan fingerprint density at radius 3 is 2.52 bits per heavy atom. The van der Waals surface area contributed by atoms with Crippen LogP contribution in [0.15, 0.2) is 87.8 Å². The summed E-state index contributed by atoms with van der Waals surface area (Å²) in [6.45, 7) is 0. The van der Waals surface area contributed by atoms with E-state index >= 15 is 0 Å². The number of amides is 1. The molecule has 3 aromatic carbocycles. The number of allylic oxidation sites excluding steroid dienone is 1. The van der Waals surface area contributed by atoms with E-state index in [4.69, 9.17) is 10.5 Å². The number of para-hydroxylation sites is 3. The van der Waals surface area contributed by atoms with E-state index in [2.05, 4.69) is 37.2 Å². The number of anilines is 2. The molecule has 0 heterocycles. The summed E-state index contributed by atoms with van der Waals surface area (Å²) in [7, 11) is 0. The number of carbonyl (C=O) groups excluding carboxylic acids is 1. The van der Waals surface area contributed by atoms with Crippen LogP contribution in [0.25, 0.3) is 0 Å². The standard InChI is InChI=1S/C25H24Br2N2O4/c26-16-14-18(24(31)19(27)15-16)25(32)22(33-17-8-2-1-3-9-17)12-6-7-13-23(30)29-21-11-5-4-10-20(21)28/h1-5,7-11,13-15,22,25,31-32H,6,12,28H2,(H,29,30)/b13-7+/t22-,25-/m1/s1. The van der Waals surface area contributed by atoms with E-state index in [0.29, 0.717) is 44.5 Å². The minimum absolute atomic E-state index is 0.0530. The number of ether oxygens (including phenoxy) is 1. The van der Waals surface area contributed by atoms with Crippen molar-refractivity contribution in [2.45, 2.75) is 25.0 Å². The Kier molecular flexibility index (Phi) is 8.94. The van der Waals surface area contributed by atoms with Crippen LogP contribution < -0.4 is 15.8 Å². The average Bonchev–Trinajstić information content (AvgIpc) is 2.80. The Hall–Kier alpha value is -2.81. The largest absolute Gasteiger partial charge is 0.506 e. The van der Waals surface area contributed by atoms with Crippen LogP contribution in [0.4, 0.5) is 11.4 Å². The first kappa shape index (κ1) is 24.8. The normalized spacial score (nSPS) is 12.9. The lowest BCUT2D eigenvalue weighted by atomic mass is 9.99. The molecular weight excluding hydrogens is 552 g/mol. The van der Waals surface area contributed by atoms with E-state index in [1.807, 2.05) is 18.2 Å². The van der Waals surface area contributed by atoms with Crippen molar-refractivity contribution >= 4 is 49.1 Å². The summed E-state index contributed by atoms with van der Waals surface area (Å²) < 4.78 is 7.21. The van der Waals surface area contributed by atoms with Crippen molar-refractivity contribution in [2.24, 2.45) is 0 Å². The van der Waals surface area contributed by atoms with Crippen molar-refractivity contribution in [1.82, 2.24) is 0 Å². The molecule has 2 atom stereocenters. The second-order valence-corrected chi connectivity index (χ2v) is 9.07. The van der Waals surface area contributed by atoms with E-state index in [9.17, 15) is 15.0 Å². The highest BCUT2D eigenvalue weighted by Gasteiger charge is 2.26. The lowest BCUT2D eigenvalue weighted by Crippen LogP contribution is -2.25. The van der Waals surface area contributed by atoms with Crippen LogP contribution in [-0.2, 0) is 4.79 Å². The molecule has 1 amide bonds. The maximum Gasteiger partial charge on any atom is 0.248 e. The number of nitrogens with one attached hydrogen (secondary N) is 1. The smallest absolute Gasteiger partial charge is 0.248 e. The first-order valence-corrected chi connectivity index (χ1v) is 11.8. The number of hydrogen-bond donors (Lipinski definition) is 4. The van der Waals surface area contributed by atoms with Gasteiger partial charge in [-0.1, -0.05) is 52.3 Å². The molecule has 3 rings (SSSR count). The fourth-order valence-corrected chi connectivity index (χ4v) is 4.46. The number of halogens is 2. The molecule has 0 aliphatic heterocycles. The summed E-state index contributed by atoms with van der Waals surface area (Å²) >= 11 is 6.68. The van der Waals surface area contributed by atoms with E-state index in [0.717, 1.165) is 0 Å². The number of carbonyl (C=O) groups is 1. The number of phenols is 1. The van der Waals surface area contributed by atoms with Crippen LogP contribution in [0.3, 0.4) is 0 Å². The van der Waals surface area contributed by atoms with E-state index in [1.54, 1.807) is 54.6 Å². The van der Waals surface area contributed by atoms with Crippen molar-refractivity contribution in [1.29, 1.82) is 0 Å². The van der Waals surface area contributed by atoms with E-state index in [1.165, 1.54) is 6.08 Å². The summed E-state index contributed by atoms with van der Waals surface area (Å²) in [4.78, 5) is 12.2. The van der Waals surface area contributed by atoms with Gasteiger partial charge in [0, 0.05) is 10.0 Å². The third-order valence-corrected chi connectivity index (χ3v) is 5.93. The molecule has 0 aromatic heterocycles. The van der Waals surface area contributed by atoms with Gasteiger partial charge in [-0.25, -0.2) is 0 Å². The highest BCUT2D eigenvalue weighted by atomic mass is 79.9. The number of aliphatic hydroxyl groups is 1. The molecule has 0 bridgehead atoms. The van der Waals surface area contributed by atoms with Crippen LogP contribution in [0.2, 0.25) is 0 Å². The van der Waals surface area contributed by atoms with Gasteiger partial charge >= 0.3 is 0 Å². The van der Waals surface area contributed by atoms with Gasteiger partial charge < -0.3 is 26.0 Å². The van der Waals surface area contributed by atoms with Crippen molar-refractivity contribution in [3.05, 3.63) is 93.4 Å². The molecule has 0 saturated heterocycles. The summed E-state index contributed by atoms with van der Waals surface area (Å²) in [5.74, 6) is 0.238. The zero-order chi connectivity index (χ0) is 23.8. The van der Waals surface area contributed by atoms with E-state index < -0.39 is 12.2 Å². The SMILES string of the molecule is Nc1ccccc1NC(=O)/C=C/CC[C@@H](Oc1ccccc1)[C@H](O)c1cc(Br)cc(Br)c1O. The van der Waals surface area contributed by atoms with E-state index in [-0.39, 0.29) is 11.7 Å². The minimum atomic E-state index is -1.11. The van der Waals surface area contributed by atoms with Gasteiger partial charge in [-0.3, -0.25) is 4.79 Å². The molecular formula is C25H24Br2N2O4. The molecule has 5 N–H and O–H groups in total. The van der Waals surface area contributed by atoms with Crippen LogP contribution in [0, 0.1) is 0 Å². The number of aromatic hydroxyl groups is 1. The van der Waals surface area contributed by atoms with Gasteiger partial charge in [-0.2, -0.15) is 0 Å². The van der Waals surface area contributed by atoms with Crippen LogP contribution in [0.5, 0.6) is 11.5 Å². The van der Waals surface area contributed by atoms with Gasteiger partial charge in [0.25, 0.3) is 0 Å². The Bertz CT molecular complexity index is 1120. The molecule has 0 fully saturated rings. The first-order chi connectivity index (χ1) is 15.8. The number of nitrogens with two attached hydrogens (primary N) is 1. The second kappa shape index (κ2) is 11.9. The van der Waals surface area contributed by atoms with Gasteiger partial charge in [-0.15, -0.1) is 0 Å². The fourth-order valence-electron chi connectivity index (χ4n) is 3.20. The topological polar surface area (TPSA) is 105 Å². The molecule has 8 heteroatoms. The summed E-state index contributed by atoms with van der Waals surface area (Å²) in [5.41, 5.74) is 7.21. The molecule has 0 unspecified atom stereocenters. The first-order valence-electron chi connectivity index (χ1n) is 10.2. The third-order valence-electron chi connectivity index (χ3n) is 4.86. The average molecular weight is 576 g/mol. The van der Waals surface area contributed by atoms with Crippen LogP contribution in [0.1, 0.15) is 24.5 Å². The van der Waals surface area contributed by atoms with Crippen molar-refractivity contribution in [3.63, 3.8) is 0 Å². The maximum absolute atomic E-state index is 12.2. The molecule has 0 radical (unpaired) electrons. The number of benzene rings is 3. The fraction of sp³-hybridized carbons (Fsp3) is 0.160. The lowest BCUT2D eigenvalue weighted by Gasteiger charge is -2.25. The Labute approximate surface area is 209 Å². The summed E-state index contributed by atoms with van der Waals surface area (Å²) in [6, 6.07) is 19.5. The zero-order valence-electron chi connectivity index (χ0n) is 17.6. The molecule has 0 saturated carbocycles. The van der Waals surface area contributed by atoms with Gasteiger partial charge in [0.05, 0.1) is 15.8 Å². The maximum atomic E-state index is 12.2. The molecule has 0 aliphatic rings. The van der Waals surface area contributed by atoms with Crippen molar-refractivity contribution in [2.75, 3.05) is 11.1 Å². The van der Waals surface area contributed by atoms with Crippen molar-refractivity contribution in [3.8, 4) is 11.5 Å². The van der Waals surface area contributed by atoms with Crippen molar-refractivity contribution < 1.29 is 19.7 Å². The number of rotatable bonds is 9. The van der Waals surface area contributed by atoms with Crippen LogP contribution >= 0.6 is 31.9 Å². The zero-order valence-corrected chi connectivity index (χ0v) is 20.8. The van der Waals surface area contributed by atoms with Gasteiger partial charge in [0.15, 0.2) is 0 Å². The predicted molar refractivity (Wildman–Crippen MR) is 137 cm³/mol. The molecule has 172 valence electrons.